The lowest BCUT2D eigenvalue weighted by molar-refractivity contribution is 0.673. The van der Waals surface area contributed by atoms with E-state index in [1.807, 2.05) is 7.05 Å². The Labute approximate surface area is 76.6 Å². The molecule has 1 aliphatic rings. The van der Waals surface area contributed by atoms with E-state index in [0.717, 1.165) is 4.80 Å². The standard InChI is InChI=1S/C9H14N2S/c1-9(4-5-9)7-6-12-8(10-2)11(7)3/h6H,4-5H2,1-3H3. The Morgan fingerprint density at radius 2 is 2.25 bits per heavy atom. The Bertz CT molecular complexity index is 355. The number of rotatable bonds is 1. The van der Waals surface area contributed by atoms with Gasteiger partial charge < -0.3 is 4.57 Å². The lowest BCUT2D eigenvalue weighted by Crippen LogP contribution is -2.16. The summed E-state index contributed by atoms with van der Waals surface area (Å²) in [5, 5.41) is 2.25. The number of hydrogen-bond acceptors (Lipinski definition) is 2. The molecule has 1 fully saturated rings. The lowest BCUT2D eigenvalue weighted by Gasteiger charge is -2.08. The van der Waals surface area contributed by atoms with Crippen molar-refractivity contribution in [1.82, 2.24) is 4.57 Å². The zero-order chi connectivity index (χ0) is 8.77. The van der Waals surface area contributed by atoms with Gasteiger partial charge in [-0.3, -0.25) is 4.99 Å². The monoisotopic (exact) mass is 182 g/mol. The van der Waals surface area contributed by atoms with Crippen LogP contribution in [0, 0.1) is 0 Å². The van der Waals surface area contributed by atoms with Crippen LogP contribution in [0.3, 0.4) is 0 Å². The summed E-state index contributed by atoms with van der Waals surface area (Å²) >= 11 is 1.74. The largest absolute Gasteiger partial charge is 0.324 e. The SMILES string of the molecule is CN=c1scc(C2(C)CC2)n1C. The van der Waals surface area contributed by atoms with E-state index in [0.29, 0.717) is 5.41 Å². The van der Waals surface area contributed by atoms with Gasteiger partial charge in [0.1, 0.15) is 0 Å². The third kappa shape index (κ3) is 1.04. The Morgan fingerprint density at radius 3 is 2.67 bits per heavy atom. The molecule has 0 atom stereocenters. The van der Waals surface area contributed by atoms with Gasteiger partial charge in [-0.1, -0.05) is 6.92 Å². The molecule has 12 heavy (non-hydrogen) atoms. The first kappa shape index (κ1) is 8.05. The Kier molecular flexibility index (Phi) is 1.65. The van der Waals surface area contributed by atoms with Gasteiger partial charge in [-0.15, -0.1) is 11.3 Å². The molecule has 1 aromatic heterocycles. The predicted octanol–water partition coefficient (Wildman–Crippen LogP) is 1.67. The molecule has 0 bridgehead atoms. The first-order valence-corrected chi connectivity index (χ1v) is 5.13. The van der Waals surface area contributed by atoms with Crippen LogP contribution in [0.25, 0.3) is 0 Å². The van der Waals surface area contributed by atoms with Gasteiger partial charge in [0.15, 0.2) is 4.80 Å². The highest BCUT2D eigenvalue weighted by atomic mass is 32.1. The van der Waals surface area contributed by atoms with Crippen molar-refractivity contribution in [2.45, 2.75) is 25.2 Å². The molecule has 1 heterocycles. The van der Waals surface area contributed by atoms with Crippen LogP contribution in [0.4, 0.5) is 0 Å². The summed E-state index contributed by atoms with van der Waals surface area (Å²) in [4.78, 5) is 5.34. The van der Waals surface area contributed by atoms with E-state index in [1.165, 1.54) is 18.5 Å². The van der Waals surface area contributed by atoms with E-state index in [2.05, 4.69) is 28.9 Å². The Morgan fingerprint density at radius 1 is 1.58 bits per heavy atom. The highest BCUT2D eigenvalue weighted by molar-refractivity contribution is 7.07. The van der Waals surface area contributed by atoms with Crippen LogP contribution in [-0.2, 0) is 12.5 Å². The predicted molar refractivity (Wildman–Crippen MR) is 51.4 cm³/mol. The minimum Gasteiger partial charge on any atom is -0.324 e. The molecule has 0 amide bonds. The molecule has 1 aromatic rings. The van der Waals surface area contributed by atoms with Gasteiger partial charge >= 0.3 is 0 Å². The van der Waals surface area contributed by atoms with Crippen molar-refractivity contribution < 1.29 is 0 Å². The molecule has 0 saturated heterocycles. The molecule has 0 N–H and O–H groups in total. The van der Waals surface area contributed by atoms with Crippen molar-refractivity contribution in [2.75, 3.05) is 7.05 Å². The second kappa shape index (κ2) is 2.46. The van der Waals surface area contributed by atoms with Crippen molar-refractivity contribution in [2.24, 2.45) is 12.0 Å². The summed E-state index contributed by atoms with van der Waals surface area (Å²) in [6.45, 7) is 2.33. The number of thiazole rings is 1. The second-order valence-electron chi connectivity index (χ2n) is 3.75. The van der Waals surface area contributed by atoms with Crippen LogP contribution in [0.2, 0.25) is 0 Å². The first-order valence-electron chi connectivity index (χ1n) is 4.25. The third-order valence-corrected chi connectivity index (χ3v) is 3.74. The molecular weight excluding hydrogens is 168 g/mol. The minimum atomic E-state index is 0.466. The van der Waals surface area contributed by atoms with Crippen LogP contribution in [0.15, 0.2) is 10.4 Å². The number of nitrogens with zero attached hydrogens (tertiary/aromatic N) is 2. The Hall–Kier alpha value is -0.570. The van der Waals surface area contributed by atoms with Gasteiger partial charge in [-0.2, -0.15) is 0 Å². The molecule has 1 saturated carbocycles. The van der Waals surface area contributed by atoms with E-state index < -0.39 is 0 Å². The molecule has 66 valence electrons. The fraction of sp³-hybridized carbons (Fsp3) is 0.667. The molecule has 2 nitrogen and oxygen atoms in total. The van der Waals surface area contributed by atoms with Crippen LogP contribution in [-0.4, -0.2) is 11.6 Å². The normalized spacial score (nSPS) is 21.4. The van der Waals surface area contributed by atoms with Gasteiger partial charge in [0, 0.05) is 30.6 Å². The van der Waals surface area contributed by atoms with Crippen molar-refractivity contribution in [3.05, 3.63) is 15.9 Å². The van der Waals surface area contributed by atoms with E-state index in [9.17, 15) is 0 Å². The van der Waals surface area contributed by atoms with Crippen LogP contribution in [0.5, 0.6) is 0 Å². The van der Waals surface area contributed by atoms with E-state index in [1.54, 1.807) is 11.3 Å². The second-order valence-corrected chi connectivity index (χ2v) is 4.58. The highest BCUT2D eigenvalue weighted by Gasteiger charge is 2.41. The summed E-state index contributed by atoms with van der Waals surface area (Å²) in [5.41, 5.74) is 1.92. The third-order valence-electron chi connectivity index (χ3n) is 2.73. The zero-order valence-electron chi connectivity index (χ0n) is 7.79. The van der Waals surface area contributed by atoms with Gasteiger partial charge in [0.2, 0.25) is 0 Å². The molecule has 3 heteroatoms. The maximum absolute atomic E-state index is 4.21. The molecule has 2 rings (SSSR count). The molecule has 0 aliphatic heterocycles. The van der Waals surface area contributed by atoms with Gasteiger partial charge in [-0.05, 0) is 12.8 Å². The molecule has 0 aromatic carbocycles. The topological polar surface area (TPSA) is 17.3 Å². The molecule has 0 radical (unpaired) electrons. The van der Waals surface area contributed by atoms with E-state index >= 15 is 0 Å². The van der Waals surface area contributed by atoms with Crippen LogP contribution >= 0.6 is 11.3 Å². The average Bonchev–Trinajstić information content (AvgIpc) is 2.65. The maximum Gasteiger partial charge on any atom is 0.184 e. The quantitative estimate of drug-likeness (QED) is 0.628. The fourth-order valence-corrected chi connectivity index (χ4v) is 2.58. The summed E-state index contributed by atoms with van der Waals surface area (Å²) in [6.07, 6.45) is 2.67. The molecular formula is C9H14N2S. The molecule has 0 spiro atoms. The summed E-state index contributed by atoms with van der Waals surface area (Å²) in [7, 11) is 3.96. The van der Waals surface area contributed by atoms with Crippen molar-refractivity contribution in [3.63, 3.8) is 0 Å². The van der Waals surface area contributed by atoms with E-state index in [-0.39, 0.29) is 0 Å². The van der Waals surface area contributed by atoms with Gasteiger partial charge in [0.25, 0.3) is 0 Å². The van der Waals surface area contributed by atoms with Crippen molar-refractivity contribution in [1.29, 1.82) is 0 Å². The van der Waals surface area contributed by atoms with Crippen molar-refractivity contribution in [3.8, 4) is 0 Å². The van der Waals surface area contributed by atoms with Gasteiger partial charge in [-0.25, -0.2) is 0 Å². The maximum atomic E-state index is 4.21. The highest BCUT2D eigenvalue weighted by Crippen LogP contribution is 2.47. The van der Waals surface area contributed by atoms with Crippen molar-refractivity contribution >= 4 is 11.3 Å². The minimum absolute atomic E-state index is 0.466. The smallest absolute Gasteiger partial charge is 0.184 e. The first-order chi connectivity index (χ1) is 5.67. The number of hydrogen-bond donors (Lipinski definition) is 0. The number of aromatic nitrogens is 1. The summed E-state index contributed by atoms with van der Waals surface area (Å²) in [5.74, 6) is 0. The Balaban J connectivity index is 2.53. The molecule has 1 aliphatic carbocycles. The lowest BCUT2D eigenvalue weighted by atomic mass is 10.1. The van der Waals surface area contributed by atoms with E-state index in [4.69, 9.17) is 0 Å². The molecule has 0 unspecified atom stereocenters. The summed E-state index contributed by atoms with van der Waals surface area (Å²) < 4.78 is 2.22. The average molecular weight is 182 g/mol. The fourth-order valence-electron chi connectivity index (χ4n) is 1.56. The van der Waals surface area contributed by atoms with Crippen LogP contribution < -0.4 is 4.80 Å². The van der Waals surface area contributed by atoms with Gasteiger partial charge in [0.05, 0.1) is 0 Å². The summed E-state index contributed by atoms with van der Waals surface area (Å²) in [6, 6.07) is 0. The zero-order valence-corrected chi connectivity index (χ0v) is 8.61. The van der Waals surface area contributed by atoms with Crippen LogP contribution in [0.1, 0.15) is 25.5 Å².